The van der Waals surface area contributed by atoms with Gasteiger partial charge < -0.3 is 5.32 Å². The summed E-state index contributed by atoms with van der Waals surface area (Å²) in [6.45, 7) is 11.2. The van der Waals surface area contributed by atoms with Crippen molar-refractivity contribution in [2.75, 3.05) is 6.17 Å². The third kappa shape index (κ3) is 6.32. The molecule has 0 radical (unpaired) electrons. The van der Waals surface area contributed by atoms with E-state index in [1.54, 1.807) is 0 Å². The van der Waals surface area contributed by atoms with E-state index in [9.17, 15) is 0 Å². The average molecular weight is 171 g/mol. The van der Waals surface area contributed by atoms with Gasteiger partial charge in [0.2, 0.25) is 0 Å². The zero-order valence-corrected chi connectivity index (χ0v) is 9.44. The fourth-order valence-electron chi connectivity index (χ4n) is 0.977. The Bertz CT molecular complexity index is 128. The van der Waals surface area contributed by atoms with Crippen molar-refractivity contribution in [2.45, 2.75) is 39.9 Å². The molecule has 1 N–H and O–H groups in total. The molecule has 0 spiro atoms. The molecule has 1 nitrogen and oxygen atoms in total. The summed E-state index contributed by atoms with van der Waals surface area (Å²) in [6, 6.07) is 0.618. The first-order valence-corrected chi connectivity index (χ1v) is 7.63. The van der Waals surface area contributed by atoms with Crippen LogP contribution in [0.4, 0.5) is 0 Å². The van der Waals surface area contributed by atoms with E-state index >= 15 is 0 Å². The van der Waals surface area contributed by atoms with E-state index < -0.39 is 8.07 Å². The summed E-state index contributed by atoms with van der Waals surface area (Å²) in [4.78, 5) is 0. The largest absolute Gasteiger partial charge is 0.317 e. The molecule has 0 bridgehead atoms. The quantitative estimate of drug-likeness (QED) is 0.640. The standard InChI is InChI=1S/C9H21NSi/c1-6-7-11(4,5)8-10-9(2)3/h6-7,9-10H,8H2,1-5H3. The molecular formula is C9H21NSi. The molecule has 0 aromatic rings. The molecule has 0 saturated carbocycles. The van der Waals surface area contributed by atoms with Crippen LogP contribution in [-0.2, 0) is 0 Å². The lowest BCUT2D eigenvalue weighted by molar-refractivity contribution is 0.644. The highest BCUT2D eigenvalue weighted by molar-refractivity contribution is 6.82. The molecule has 0 aromatic heterocycles. The van der Waals surface area contributed by atoms with E-state index in [4.69, 9.17) is 0 Å². The molecule has 0 rings (SSSR count). The Hall–Kier alpha value is -0.0831. The van der Waals surface area contributed by atoms with Gasteiger partial charge in [-0.3, -0.25) is 0 Å². The lowest BCUT2D eigenvalue weighted by atomic mass is 10.4. The molecule has 0 amide bonds. The summed E-state index contributed by atoms with van der Waals surface area (Å²) in [5.74, 6) is 0. The smallest absolute Gasteiger partial charge is 0.0854 e. The summed E-state index contributed by atoms with van der Waals surface area (Å²) >= 11 is 0. The van der Waals surface area contributed by atoms with Gasteiger partial charge in [-0.2, -0.15) is 0 Å². The minimum Gasteiger partial charge on any atom is -0.317 e. The minimum atomic E-state index is -1.06. The number of hydrogen-bond acceptors (Lipinski definition) is 1. The summed E-state index contributed by atoms with van der Waals surface area (Å²) in [5, 5.41) is 3.48. The van der Waals surface area contributed by atoms with E-state index in [-0.39, 0.29) is 0 Å². The highest BCUT2D eigenvalue weighted by Crippen LogP contribution is 2.01. The van der Waals surface area contributed by atoms with Crippen LogP contribution in [0.15, 0.2) is 11.8 Å². The van der Waals surface area contributed by atoms with Crippen molar-refractivity contribution in [1.82, 2.24) is 5.32 Å². The first kappa shape index (κ1) is 10.9. The third-order valence-electron chi connectivity index (χ3n) is 1.58. The van der Waals surface area contributed by atoms with E-state index in [0.29, 0.717) is 6.04 Å². The average Bonchev–Trinajstić information content (AvgIpc) is 1.84. The molecule has 66 valence electrons. The maximum absolute atomic E-state index is 3.48. The zero-order chi connectivity index (χ0) is 8.91. The number of hydrogen-bond donors (Lipinski definition) is 1. The molecule has 0 saturated heterocycles. The maximum atomic E-state index is 3.48. The molecule has 0 heterocycles. The Labute approximate surface area is 71.9 Å². The summed E-state index contributed by atoms with van der Waals surface area (Å²) in [6.07, 6.45) is 3.36. The lowest BCUT2D eigenvalue weighted by Crippen LogP contribution is -2.41. The van der Waals surface area contributed by atoms with Crippen LogP contribution >= 0.6 is 0 Å². The third-order valence-corrected chi connectivity index (χ3v) is 3.93. The van der Waals surface area contributed by atoms with Gasteiger partial charge in [0.05, 0.1) is 8.07 Å². The molecule has 0 aromatic carbocycles. The molecule has 0 unspecified atom stereocenters. The van der Waals surface area contributed by atoms with Crippen molar-refractivity contribution < 1.29 is 0 Å². The second-order valence-electron chi connectivity index (χ2n) is 4.02. The van der Waals surface area contributed by atoms with Crippen LogP contribution in [-0.4, -0.2) is 20.3 Å². The van der Waals surface area contributed by atoms with E-state index in [1.807, 2.05) is 0 Å². The zero-order valence-electron chi connectivity index (χ0n) is 8.44. The summed E-state index contributed by atoms with van der Waals surface area (Å²) in [7, 11) is -1.06. The Morgan fingerprint density at radius 3 is 2.27 bits per heavy atom. The first-order valence-electron chi connectivity index (χ1n) is 4.35. The van der Waals surface area contributed by atoms with Crippen LogP contribution < -0.4 is 5.32 Å². The van der Waals surface area contributed by atoms with Gasteiger partial charge in [-0.25, -0.2) is 0 Å². The summed E-state index contributed by atoms with van der Waals surface area (Å²) in [5.41, 5.74) is 2.38. The maximum Gasteiger partial charge on any atom is 0.0854 e. The highest BCUT2D eigenvalue weighted by atomic mass is 28.3. The molecule has 0 atom stereocenters. The topological polar surface area (TPSA) is 12.0 Å². The normalized spacial score (nSPS) is 13.3. The van der Waals surface area contributed by atoms with E-state index in [0.717, 1.165) is 0 Å². The molecule has 0 fully saturated rings. The fraction of sp³-hybridized carbons (Fsp3) is 0.778. The van der Waals surface area contributed by atoms with Crippen LogP contribution in [0.3, 0.4) is 0 Å². The van der Waals surface area contributed by atoms with Gasteiger partial charge in [-0.15, -0.1) is 0 Å². The lowest BCUT2D eigenvalue weighted by Gasteiger charge is -2.20. The van der Waals surface area contributed by atoms with Crippen LogP contribution in [0.25, 0.3) is 0 Å². The van der Waals surface area contributed by atoms with Crippen molar-refractivity contribution in [3.63, 3.8) is 0 Å². The molecule has 0 aliphatic carbocycles. The fourth-order valence-corrected chi connectivity index (χ4v) is 2.93. The molecule has 0 aliphatic rings. The van der Waals surface area contributed by atoms with Gasteiger partial charge in [0.25, 0.3) is 0 Å². The second-order valence-corrected chi connectivity index (χ2v) is 8.69. The molecule has 2 heteroatoms. The second kappa shape index (κ2) is 4.73. The van der Waals surface area contributed by atoms with Crippen molar-refractivity contribution in [3.05, 3.63) is 11.8 Å². The monoisotopic (exact) mass is 171 g/mol. The van der Waals surface area contributed by atoms with Crippen LogP contribution in [0.2, 0.25) is 13.1 Å². The highest BCUT2D eigenvalue weighted by Gasteiger charge is 2.15. The van der Waals surface area contributed by atoms with Crippen molar-refractivity contribution >= 4 is 8.07 Å². The molecular weight excluding hydrogens is 150 g/mol. The van der Waals surface area contributed by atoms with Gasteiger partial charge in [0, 0.05) is 6.04 Å². The van der Waals surface area contributed by atoms with Gasteiger partial charge in [0.1, 0.15) is 0 Å². The number of nitrogens with one attached hydrogen (secondary N) is 1. The van der Waals surface area contributed by atoms with E-state index in [1.165, 1.54) is 6.17 Å². The Morgan fingerprint density at radius 1 is 1.36 bits per heavy atom. The van der Waals surface area contributed by atoms with Crippen LogP contribution in [0.5, 0.6) is 0 Å². The predicted molar refractivity (Wildman–Crippen MR) is 55.4 cm³/mol. The SMILES string of the molecule is CC=C[Si](C)(C)CNC(C)C. The van der Waals surface area contributed by atoms with Crippen molar-refractivity contribution in [1.29, 1.82) is 0 Å². The van der Waals surface area contributed by atoms with Gasteiger partial charge >= 0.3 is 0 Å². The summed E-state index contributed by atoms with van der Waals surface area (Å²) < 4.78 is 0. The molecule has 0 aliphatic heterocycles. The van der Waals surface area contributed by atoms with Crippen molar-refractivity contribution in [2.24, 2.45) is 0 Å². The van der Waals surface area contributed by atoms with Crippen LogP contribution in [0.1, 0.15) is 20.8 Å². The van der Waals surface area contributed by atoms with Gasteiger partial charge in [-0.05, 0) is 13.1 Å². The van der Waals surface area contributed by atoms with E-state index in [2.05, 4.69) is 51.0 Å². The molecule has 11 heavy (non-hydrogen) atoms. The van der Waals surface area contributed by atoms with Crippen LogP contribution in [0, 0.1) is 0 Å². The number of allylic oxidation sites excluding steroid dienone is 1. The minimum absolute atomic E-state index is 0.618. The Balaban J connectivity index is 3.72. The Kier molecular flexibility index (Phi) is 4.69. The first-order chi connectivity index (χ1) is 4.98. The van der Waals surface area contributed by atoms with Crippen molar-refractivity contribution in [3.8, 4) is 0 Å². The number of rotatable bonds is 4. The predicted octanol–water partition coefficient (Wildman–Crippen LogP) is 2.35. The Morgan fingerprint density at radius 2 is 1.91 bits per heavy atom. The van der Waals surface area contributed by atoms with Gasteiger partial charge in [0.15, 0.2) is 0 Å². The van der Waals surface area contributed by atoms with Gasteiger partial charge in [-0.1, -0.05) is 38.7 Å².